The van der Waals surface area contributed by atoms with Gasteiger partial charge in [-0.3, -0.25) is 0 Å². The first-order valence-corrected chi connectivity index (χ1v) is 9.59. The zero-order valence-electron chi connectivity index (χ0n) is 14.9. The van der Waals surface area contributed by atoms with Gasteiger partial charge >= 0.3 is 0 Å². The summed E-state index contributed by atoms with van der Waals surface area (Å²) < 4.78 is 5.80. The van der Waals surface area contributed by atoms with Crippen molar-refractivity contribution in [2.75, 3.05) is 19.7 Å². The minimum atomic E-state index is -0.524. The van der Waals surface area contributed by atoms with Gasteiger partial charge in [-0.1, -0.05) is 49.3 Å². The lowest BCUT2D eigenvalue weighted by Gasteiger charge is -2.14. The molecule has 1 atom stereocenters. The summed E-state index contributed by atoms with van der Waals surface area (Å²) in [5.41, 5.74) is 0.957. The largest absolute Gasteiger partial charge is 0.490 e. The van der Waals surface area contributed by atoms with Gasteiger partial charge in [-0.2, -0.15) is 0 Å². The third kappa shape index (κ3) is 7.34. The molecule has 0 bridgehead atoms. The molecule has 0 aliphatic carbocycles. The van der Waals surface area contributed by atoms with E-state index in [0.717, 1.165) is 34.3 Å². The number of aliphatic hydroxyl groups is 1. The second-order valence-corrected chi connectivity index (χ2v) is 7.12. The van der Waals surface area contributed by atoms with Crippen molar-refractivity contribution in [3.05, 3.63) is 39.8 Å². The molecular formula is C19H27N3O2S. The van der Waals surface area contributed by atoms with Gasteiger partial charge in [0.15, 0.2) is 0 Å². The highest BCUT2D eigenvalue weighted by Crippen LogP contribution is 2.21. The summed E-state index contributed by atoms with van der Waals surface area (Å²) in [6.45, 7) is 5.87. The first-order chi connectivity index (χ1) is 12.2. The summed E-state index contributed by atoms with van der Waals surface area (Å²) in [7, 11) is 0. The van der Waals surface area contributed by atoms with E-state index in [-0.39, 0.29) is 6.61 Å². The van der Waals surface area contributed by atoms with Crippen LogP contribution in [-0.2, 0) is 0 Å². The molecule has 0 saturated carbocycles. The summed E-state index contributed by atoms with van der Waals surface area (Å²) in [6.07, 6.45) is 6.93. The Balaban J connectivity index is 1.82. The first-order valence-electron chi connectivity index (χ1n) is 8.78. The number of benzene rings is 1. The molecule has 0 radical (unpaired) electrons. The van der Waals surface area contributed by atoms with Crippen LogP contribution in [0.1, 0.15) is 41.8 Å². The molecular weight excluding hydrogens is 334 g/mol. The number of hydrogen-bond acceptors (Lipinski definition) is 6. The van der Waals surface area contributed by atoms with Crippen LogP contribution in [0.3, 0.4) is 0 Å². The number of aryl methyl sites for hydroxylation is 1. The second-order valence-electron chi connectivity index (χ2n) is 5.91. The smallest absolute Gasteiger partial charge is 0.140 e. The van der Waals surface area contributed by atoms with Gasteiger partial charge in [0.1, 0.15) is 28.5 Å². The topological polar surface area (TPSA) is 67.3 Å². The van der Waals surface area contributed by atoms with E-state index < -0.39 is 6.10 Å². The average Bonchev–Trinajstić information content (AvgIpc) is 3.04. The van der Waals surface area contributed by atoms with E-state index in [0.29, 0.717) is 6.54 Å². The van der Waals surface area contributed by atoms with E-state index in [4.69, 9.17) is 4.74 Å². The minimum absolute atomic E-state index is 0.267. The highest BCUT2D eigenvalue weighted by molar-refractivity contribution is 7.12. The van der Waals surface area contributed by atoms with Crippen molar-refractivity contribution in [2.45, 2.75) is 39.2 Å². The zero-order chi connectivity index (χ0) is 17.9. The lowest BCUT2D eigenvalue weighted by Crippen LogP contribution is -2.32. The van der Waals surface area contributed by atoms with E-state index in [9.17, 15) is 5.11 Å². The number of unbranched alkanes of at least 4 members (excludes halogenated alkanes) is 2. The molecule has 1 heterocycles. The third-order valence-electron chi connectivity index (χ3n) is 3.63. The maximum absolute atomic E-state index is 10.0. The molecule has 25 heavy (non-hydrogen) atoms. The fourth-order valence-electron chi connectivity index (χ4n) is 2.30. The van der Waals surface area contributed by atoms with Gasteiger partial charge in [0.25, 0.3) is 0 Å². The van der Waals surface area contributed by atoms with Crippen molar-refractivity contribution in [3.8, 4) is 5.75 Å². The molecule has 1 unspecified atom stereocenters. The molecule has 0 fully saturated rings. The fraction of sp³-hybridized carbons (Fsp3) is 0.474. The number of rotatable bonds is 11. The van der Waals surface area contributed by atoms with Gasteiger partial charge in [0, 0.05) is 12.1 Å². The van der Waals surface area contributed by atoms with Crippen LogP contribution in [0.4, 0.5) is 0 Å². The number of nitrogens with one attached hydrogen (secondary N) is 1. The van der Waals surface area contributed by atoms with E-state index in [1.165, 1.54) is 12.8 Å². The van der Waals surface area contributed by atoms with Crippen molar-refractivity contribution in [1.82, 2.24) is 15.5 Å². The van der Waals surface area contributed by atoms with Crippen LogP contribution in [0.5, 0.6) is 5.75 Å². The van der Waals surface area contributed by atoms with Gasteiger partial charge in [-0.05, 0) is 38.1 Å². The molecule has 0 amide bonds. The SMILES string of the molecule is CCCCCNCC(O)COc1ccccc1C=Cc1nnc(C)s1. The first kappa shape index (κ1) is 19.6. The Bertz CT molecular complexity index is 658. The van der Waals surface area contributed by atoms with Crippen LogP contribution in [0.2, 0.25) is 0 Å². The average molecular weight is 362 g/mol. The Morgan fingerprint density at radius 2 is 2.08 bits per heavy atom. The molecule has 0 spiro atoms. The van der Waals surface area contributed by atoms with Crippen LogP contribution in [0.15, 0.2) is 24.3 Å². The number of ether oxygens (including phenoxy) is 1. The molecule has 0 saturated heterocycles. The second kappa shape index (κ2) is 11.0. The predicted octanol–water partition coefficient (Wildman–Crippen LogP) is 3.54. The van der Waals surface area contributed by atoms with E-state index in [1.54, 1.807) is 11.3 Å². The lowest BCUT2D eigenvalue weighted by molar-refractivity contribution is 0.106. The Morgan fingerprint density at radius 1 is 1.24 bits per heavy atom. The van der Waals surface area contributed by atoms with Gasteiger partial charge in [0.05, 0.1) is 0 Å². The minimum Gasteiger partial charge on any atom is -0.490 e. The summed E-state index contributed by atoms with van der Waals surface area (Å²) >= 11 is 1.55. The summed E-state index contributed by atoms with van der Waals surface area (Å²) in [4.78, 5) is 0. The van der Waals surface area contributed by atoms with Crippen LogP contribution in [-0.4, -0.2) is 41.1 Å². The van der Waals surface area contributed by atoms with Gasteiger partial charge in [-0.15, -0.1) is 10.2 Å². The molecule has 1 aromatic heterocycles. The molecule has 6 heteroatoms. The number of aliphatic hydroxyl groups excluding tert-OH is 1. The Labute approximate surface area is 153 Å². The maximum Gasteiger partial charge on any atom is 0.140 e. The monoisotopic (exact) mass is 361 g/mol. The standard InChI is InChI=1S/C19H27N3O2S/c1-3-4-7-12-20-13-17(23)14-24-18-9-6-5-8-16(18)10-11-19-22-21-15(2)25-19/h5-6,8-11,17,20,23H,3-4,7,12-14H2,1-2H3. The maximum atomic E-state index is 10.0. The zero-order valence-corrected chi connectivity index (χ0v) is 15.8. The van der Waals surface area contributed by atoms with Crippen LogP contribution < -0.4 is 10.1 Å². The molecule has 1 aromatic carbocycles. The number of aromatic nitrogens is 2. The van der Waals surface area contributed by atoms with Crippen molar-refractivity contribution in [1.29, 1.82) is 0 Å². The Kier molecular flexibility index (Phi) is 8.59. The molecule has 136 valence electrons. The predicted molar refractivity (Wildman–Crippen MR) is 104 cm³/mol. The van der Waals surface area contributed by atoms with Crippen LogP contribution >= 0.6 is 11.3 Å². The molecule has 0 aliphatic rings. The Morgan fingerprint density at radius 3 is 2.84 bits per heavy atom. The quantitative estimate of drug-likeness (QED) is 0.599. The van der Waals surface area contributed by atoms with Gasteiger partial charge < -0.3 is 15.2 Å². The molecule has 0 aliphatic heterocycles. The van der Waals surface area contributed by atoms with E-state index >= 15 is 0 Å². The number of para-hydroxylation sites is 1. The molecule has 2 rings (SSSR count). The molecule has 2 N–H and O–H groups in total. The summed E-state index contributed by atoms with van der Waals surface area (Å²) in [6, 6.07) is 7.78. The molecule has 2 aromatic rings. The fourth-order valence-corrected chi connectivity index (χ4v) is 2.91. The van der Waals surface area contributed by atoms with Crippen LogP contribution in [0.25, 0.3) is 12.2 Å². The van der Waals surface area contributed by atoms with E-state index in [2.05, 4.69) is 22.4 Å². The number of hydrogen-bond donors (Lipinski definition) is 2. The van der Waals surface area contributed by atoms with Crippen molar-refractivity contribution >= 4 is 23.5 Å². The molecule has 5 nitrogen and oxygen atoms in total. The summed E-state index contributed by atoms with van der Waals surface area (Å²) in [5.74, 6) is 0.755. The van der Waals surface area contributed by atoms with Gasteiger partial charge in [0.2, 0.25) is 0 Å². The van der Waals surface area contributed by atoms with Crippen molar-refractivity contribution < 1.29 is 9.84 Å². The van der Waals surface area contributed by atoms with Gasteiger partial charge in [-0.25, -0.2) is 0 Å². The van der Waals surface area contributed by atoms with Crippen molar-refractivity contribution in [3.63, 3.8) is 0 Å². The highest BCUT2D eigenvalue weighted by atomic mass is 32.1. The number of nitrogens with zero attached hydrogens (tertiary/aromatic N) is 2. The van der Waals surface area contributed by atoms with E-state index in [1.807, 2.05) is 43.3 Å². The highest BCUT2D eigenvalue weighted by Gasteiger charge is 2.07. The Hall–Kier alpha value is -1.76. The lowest BCUT2D eigenvalue weighted by atomic mass is 10.2. The normalized spacial score (nSPS) is 12.6. The van der Waals surface area contributed by atoms with Crippen molar-refractivity contribution in [2.24, 2.45) is 0 Å². The summed E-state index contributed by atoms with van der Waals surface area (Å²) in [5, 5.41) is 23.2. The third-order valence-corrected chi connectivity index (χ3v) is 4.44. The van der Waals surface area contributed by atoms with Crippen LogP contribution in [0, 0.1) is 6.92 Å².